The molecule has 1 aromatic heterocycles. The molecule has 1 aromatic rings. The maximum absolute atomic E-state index is 11.7. The third-order valence-electron chi connectivity index (χ3n) is 2.68. The average Bonchev–Trinajstić information content (AvgIpc) is 2.77. The van der Waals surface area contributed by atoms with Crippen LogP contribution in [0.15, 0.2) is 10.7 Å². The van der Waals surface area contributed by atoms with E-state index < -0.39 is 22.5 Å². The maximum Gasteiger partial charge on any atom is 0.418 e. The zero-order valence-corrected chi connectivity index (χ0v) is 9.12. The minimum atomic E-state index is -4.74. The molecule has 1 saturated heterocycles. The van der Waals surface area contributed by atoms with Crippen LogP contribution < -0.4 is 0 Å². The van der Waals surface area contributed by atoms with E-state index in [1.54, 1.807) is 0 Å². The lowest BCUT2D eigenvalue weighted by Crippen LogP contribution is -2.32. The van der Waals surface area contributed by atoms with Gasteiger partial charge in [0, 0.05) is 5.56 Å². The highest BCUT2D eigenvalue weighted by Gasteiger charge is 2.47. The summed E-state index contributed by atoms with van der Waals surface area (Å²) < 4.78 is 39.1. The van der Waals surface area contributed by atoms with Gasteiger partial charge in [-0.25, -0.2) is 4.79 Å². The first kappa shape index (κ1) is 10.5. The molecule has 1 atom stereocenters. The Balaban J connectivity index is 1.99. The van der Waals surface area contributed by atoms with E-state index in [1.165, 1.54) is 11.1 Å². The predicted octanol–water partition coefficient (Wildman–Crippen LogP) is -0.299. The largest absolute Gasteiger partial charge is 0.418 e. The summed E-state index contributed by atoms with van der Waals surface area (Å²) in [7, 11) is -4.74. The minimum absolute atomic E-state index is 0.204. The van der Waals surface area contributed by atoms with Gasteiger partial charge in [0.2, 0.25) is 0 Å². The molecule has 0 saturated carbocycles. The second-order valence-electron chi connectivity index (χ2n) is 3.71. The number of hydroxylamine groups is 2. The predicted molar refractivity (Wildman–Crippen MR) is 49.5 cm³/mol. The van der Waals surface area contributed by atoms with Crippen LogP contribution in [0.25, 0.3) is 0 Å². The molecule has 2 amide bonds. The fourth-order valence-electron chi connectivity index (χ4n) is 2.01. The molecule has 2 aliphatic rings. The van der Waals surface area contributed by atoms with Crippen LogP contribution in [-0.2, 0) is 21.2 Å². The highest BCUT2D eigenvalue weighted by molar-refractivity contribution is 7.80. The lowest BCUT2D eigenvalue weighted by Gasteiger charge is -2.19. The van der Waals surface area contributed by atoms with Crippen LogP contribution in [-0.4, -0.2) is 40.7 Å². The topological polar surface area (TPSA) is 113 Å². The van der Waals surface area contributed by atoms with Crippen LogP contribution in [0, 0.1) is 0 Å². The maximum atomic E-state index is 11.7. The molecule has 1 fully saturated rings. The van der Waals surface area contributed by atoms with Gasteiger partial charge in [-0.3, -0.25) is 4.55 Å². The van der Waals surface area contributed by atoms with E-state index in [1.807, 2.05) is 0 Å². The fraction of sp³-hybridized carbons (Fsp3) is 0.429. The molecule has 1 N–H and O–H groups in total. The van der Waals surface area contributed by atoms with Crippen molar-refractivity contribution in [3.05, 3.63) is 17.5 Å². The van der Waals surface area contributed by atoms with E-state index in [0.717, 1.165) is 0 Å². The van der Waals surface area contributed by atoms with Gasteiger partial charge in [-0.05, 0) is 0 Å². The molecular formula is C7H7N3O6S. The molecular weight excluding hydrogens is 254 g/mol. The van der Waals surface area contributed by atoms with Gasteiger partial charge in [0.1, 0.15) is 6.04 Å². The van der Waals surface area contributed by atoms with E-state index in [0.29, 0.717) is 16.4 Å². The minimum Gasteiger partial charge on any atom is -0.359 e. The van der Waals surface area contributed by atoms with E-state index in [2.05, 4.69) is 9.44 Å². The Morgan fingerprint density at radius 2 is 2.35 bits per heavy atom. The number of rotatable bonds is 2. The Morgan fingerprint density at radius 3 is 3.06 bits per heavy atom. The first-order valence-corrected chi connectivity index (χ1v) is 6.01. The van der Waals surface area contributed by atoms with Crippen molar-refractivity contribution in [2.75, 3.05) is 6.54 Å². The lowest BCUT2D eigenvalue weighted by molar-refractivity contribution is -0.0317. The van der Waals surface area contributed by atoms with Crippen molar-refractivity contribution < 1.29 is 26.6 Å². The summed E-state index contributed by atoms with van der Waals surface area (Å²) in [6.45, 7) is 0.471. The number of amides is 2. The van der Waals surface area contributed by atoms with Gasteiger partial charge in [0.15, 0.2) is 5.76 Å². The van der Waals surface area contributed by atoms with Crippen LogP contribution >= 0.6 is 0 Å². The van der Waals surface area contributed by atoms with Gasteiger partial charge in [-0.1, -0.05) is 5.16 Å². The second-order valence-corrected chi connectivity index (χ2v) is 4.72. The number of fused-ring (bicyclic) bond motifs is 4. The summed E-state index contributed by atoms with van der Waals surface area (Å²) in [6, 6.07) is -1.28. The zero-order chi connectivity index (χ0) is 12.2. The van der Waals surface area contributed by atoms with E-state index in [-0.39, 0.29) is 13.1 Å². The summed E-state index contributed by atoms with van der Waals surface area (Å²) in [4.78, 5) is 13.1. The molecule has 2 bridgehead atoms. The van der Waals surface area contributed by atoms with Crippen molar-refractivity contribution in [3.63, 3.8) is 0 Å². The van der Waals surface area contributed by atoms with Crippen LogP contribution in [0.2, 0.25) is 0 Å². The number of hydrogen-bond acceptors (Lipinski definition) is 6. The first-order chi connectivity index (χ1) is 7.96. The van der Waals surface area contributed by atoms with Crippen molar-refractivity contribution in [2.45, 2.75) is 12.6 Å². The number of carbonyl (C=O) groups excluding carboxylic acids is 1. The van der Waals surface area contributed by atoms with Crippen LogP contribution in [0.3, 0.4) is 0 Å². The first-order valence-electron chi connectivity index (χ1n) is 4.64. The molecule has 3 rings (SSSR count). The summed E-state index contributed by atoms with van der Waals surface area (Å²) >= 11 is 0. The number of urea groups is 1. The number of hydrogen-bond donors (Lipinski definition) is 1. The van der Waals surface area contributed by atoms with Crippen LogP contribution in [0.5, 0.6) is 0 Å². The Kier molecular flexibility index (Phi) is 1.97. The van der Waals surface area contributed by atoms with Crippen molar-refractivity contribution in [1.29, 1.82) is 0 Å². The Labute approximate surface area is 95.4 Å². The normalized spacial score (nSPS) is 23.1. The van der Waals surface area contributed by atoms with E-state index in [4.69, 9.17) is 9.08 Å². The summed E-state index contributed by atoms with van der Waals surface area (Å²) in [5.74, 6) is 0.482. The molecule has 10 heteroatoms. The summed E-state index contributed by atoms with van der Waals surface area (Å²) in [5, 5.41) is 4.18. The van der Waals surface area contributed by atoms with Crippen molar-refractivity contribution in [3.8, 4) is 0 Å². The lowest BCUT2D eigenvalue weighted by atomic mass is 10.1. The molecule has 2 aliphatic heterocycles. The Bertz CT molecular complexity index is 580. The molecule has 0 aliphatic carbocycles. The Morgan fingerprint density at radius 1 is 1.59 bits per heavy atom. The van der Waals surface area contributed by atoms with Crippen LogP contribution in [0.4, 0.5) is 4.79 Å². The van der Waals surface area contributed by atoms with E-state index >= 15 is 0 Å². The van der Waals surface area contributed by atoms with Gasteiger partial charge in [0.05, 0.1) is 19.3 Å². The summed E-state index contributed by atoms with van der Waals surface area (Å²) in [6.07, 6.45) is 1.40. The molecule has 1 unspecified atom stereocenters. The van der Waals surface area contributed by atoms with Crippen molar-refractivity contribution >= 4 is 16.4 Å². The van der Waals surface area contributed by atoms with Gasteiger partial charge >= 0.3 is 16.4 Å². The molecule has 17 heavy (non-hydrogen) atoms. The van der Waals surface area contributed by atoms with Gasteiger partial charge < -0.3 is 9.42 Å². The van der Waals surface area contributed by atoms with Crippen molar-refractivity contribution in [2.24, 2.45) is 0 Å². The smallest absolute Gasteiger partial charge is 0.359 e. The molecule has 92 valence electrons. The van der Waals surface area contributed by atoms with Crippen molar-refractivity contribution in [1.82, 2.24) is 15.1 Å². The average molecular weight is 261 g/mol. The molecule has 9 nitrogen and oxygen atoms in total. The fourth-order valence-corrected chi connectivity index (χ4v) is 2.38. The van der Waals surface area contributed by atoms with Gasteiger partial charge in [-0.15, -0.1) is 4.28 Å². The second kappa shape index (κ2) is 3.18. The third-order valence-corrected chi connectivity index (χ3v) is 3.03. The molecule has 3 heterocycles. The highest BCUT2D eigenvalue weighted by atomic mass is 32.3. The van der Waals surface area contributed by atoms with E-state index in [9.17, 15) is 13.2 Å². The third kappa shape index (κ3) is 1.57. The summed E-state index contributed by atoms with van der Waals surface area (Å²) in [5.41, 5.74) is 0.579. The SMILES string of the molecule is O=C1N2Cc3oncc3C(C2)N1OS(=O)(=O)O. The molecule has 0 aromatic carbocycles. The number of aromatic nitrogens is 1. The molecule has 0 radical (unpaired) electrons. The van der Waals surface area contributed by atoms with Gasteiger partial charge in [-0.2, -0.15) is 13.5 Å². The zero-order valence-electron chi connectivity index (χ0n) is 8.31. The molecule has 0 spiro atoms. The number of carbonyl (C=O) groups is 1. The monoisotopic (exact) mass is 261 g/mol. The standard InChI is InChI=1S/C7H7N3O6S/c11-7-9-2-5(10(7)16-17(12,13)14)4-1-8-15-6(4)3-9/h1,5H,2-3H2,(H,12,13,14). The Hall–Kier alpha value is -1.65. The quantitative estimate of drug-likeness (QED) is 0.727. The number of nitrogens with zero attached hydrogens (tertiary/aromatic N) is 3. The van der Waals surface area contributed by atoms with Gasteiger partial charge in [0.25, 0.3) is 0 Å². The van der Waals surface area contributed by atoms with Crippen LogP contribution in [0.1, 0.15) is 17.4 Å². The highest BCUT2D eigenvalue weighted by Crippen LogP contribution is 2.37.